The van der Waals surface area contributed by atoms with Crippen LogP contribution < -0.4 is 5.32 Å². The number of carbonyl (C=O) groups is 1. The van der Waals surface area contributed by atoms with Gasteiger partial charge in [-0.05, 0) is 68.7 Å². The summed E-state index contributed by atoms with van der Waals surface area (Å²) in [7, 11) is -3.18. The number of halogens is 3. The molecule has 204 valence electrons. The molecule has 1 aliphatic heterocycles. The third-order valence-corrected chi connectivity index (χ3v) is 8.97. The zero-order valence-corrected chi connectivity index (χ0v) is 22.3. The van der Waals surface area contributed by atoms with Gasteiger partial charge in [-0.15, -0.1) is 11.8 Å². The number of rotatable bonds is 14. The van der Waals surface area contributed by atoms with Crippen LogP contribution in [0.5, 0.6) is 0 Å². The fraction of sp³-hybridized carbons (Fsp3) is 0.625. The molecule has 0 aliphatic carbocycles. The van der Waals surface area contributed by atoms with Gasteiger partial charge < -0.3 is 15.5 Å². The molecule has 7 nitrogen and oxygen atoms in total. The van der Waals surface area contributed by atoms with Crippen molar-refractivity contribution in [3.05, 3.63) is 40.8 Å². The van der Waals surface area contributed by atoms with Crippen molar-refractivity contribution < 1.29 is 36.6 Å². The number of carboxylic acids is 1. The average molecular weight is 553 g/mol. The number of nitrogens with zero attached hydrogens (tertiary/aromatic N) is 1. The van der Waals surface area contributed by atoms with Crippen molar-refractivity contribution in [2.45, 2.75) is 80.3 Å². The van der Waals surface area contributed by atoms with Crippen molar-refractivity contribution >= 4 is 27.8 Å². The quantitative estimate of drug-likeness (QED) is 0.317. The largest absolute Gasteiger partial charge is 0.481 e. The number of thioether (sulfide) groups is 1. The number of aliphatic carboxylic acids is 1. The van der Waals surface area contributed by atoms with Crippen LogP contribution in [0.2, 0.25) is 0 Å². The Morgan fingerprint density at radius 2 is 1.97 bits per heavy atom. The Kier molecular flexibility index (Phi) is 10.9. The number of sulfonamides is 1. The van der Waals surface area contributed by atoms with E-state index in [1.54, 1.807) is 0 Å². The number of nitrogens with one attached hydrogen (secondary N) is 1. The predicted octanol–water partition coefficient (Wildman–Crippen LogP) is 4.26. The fourth-order valence-corrected chi connectivity index (χ4v) is 6.15. The van der Waals surface area contributed by atoms with Crippen molar-refractivity contribution in [2.24, 2.45) is 0 Å². The minimum absolute atomic E-state index is 0.0463. The van der Waals surface area contributed by atoms with Gasteiger partial charge in [-0.2, -0.15) is 17.5 Å². The summed E-state index contributed by atoms with van der Waals surface area (Å²) in [5.74, 6) is -1.21. The number of alkyl halides is 3. The number of likely N-dealkylation sites (N-methyl/N-ethyl adjacent to an activating group) is 1. The number of aliphatic hydroxyl groups excluding tert-OH is 1. The van der Waals surface area contributed by atoms with Crippen molar-refractivity contribution in [1.82, 2.24) is 9.62 Å². The first-order valence-electron chi connectivity index (χ1n) is 11.7. The number of aliphatic hydroxyl groups is 1. The molecule has 1 heterocycles. The van der Waals surface area contributed by atoms with Crippen LogP contribution in [-0.2, 0) is 27.4 Å². The van der Waals surface area contributed by atoms with E-state index in [4.69, 9.17) is 5.11 Å². The minimum Gasteiger partial charge on any atom is -0.481 e. The number of β-amino-alcohol motifs (C(OH)–C–C–N with tert-alkyl or cyclic N) is 1. The summed E-state index contributed by atoms with van der Waals surface area (Å²) in [6, 6.07) is 2.34. The summed E-state index contributed by atoms with van der Waals surface area (Å²) < 4.78 is 66.9. The van der Waals surface area contributed by atoms with Gasteiger partial charge in [0.1, 0.15) is 0 Å². The van der Waals surface area contributed by atoms with Crippen LogP contribution in [0, 0.1) is 0 Å². The average Bonchev–Trinajstić information content (AvgIpc) is 3.29. The van der Waals surface area contributed by atoms with E-state index in [2.05, 4.69) is 16.8 Å². The highest BCUT2D eigenvalue weighted by molar-refractivity contribution is 8.03. The third kappa shape index (κ3) is 9.70. The van der Waals surface area contributed by atoms with Crippen molar-refractivity contribution in [2.75, 3.05) is 20.1 Å². The molecule has 1 aliphatic rings. The van der Waals surface area contributed by atoms with Gasteiger partial charge in [-0.25, -0.2) is 8.42 Å². The SMILES string of the molecule is CN(C[C@H](O)CNC(C)(C)CCCC1CC=CS1)S(=O)(=O)c1cc(CCC(=O)O)cc(C(F)(F)F)c1. The van der Waals surface area contributed by atoms with Crippen LogP contribution in [0.15, 0.2) is 34.6 Å². The van der Waals surface area contributed by atoms with Crippen LogP contribution in [0.25, 0.3) is 0 Å². The smallest absolute Gasteiger partial charge is 0.416 e. The van der Waals surface area contributed by atoms with E-state index in [0.29, 0.717) is 11.3 Å². The van der Waals surface area contributed by atoms with E-state index in [1.165, 1.54) is 7.05 Å². The van der Waals surface area contributed by atoms with E-state index in [-0.39, 0.29) is 30.6 Å². The Balaban J connectivity index is 2.00. The van der Waals surface area contributed by atoms with E-state index < -0.39 is 45.2 Å². The summed E-state index contributed by atoms with van der Waals surface area (Å²) in [6.45, 7) is 3.79. The van der Waals surface area contributed by atoms with Gasteiger partial charge in [0.25, 0.3) is 0 Å². The number of benzene rings is 1. The van der Waals surface area contributed by atoms with Gasteiger partial charge in [-0.3, -0.25) is 4.79 Å². The lowest BCUT2D eigenvalue weighted by atomic mass is 9.96. The highest BCUT2D eigenvalue weighted by Crippen LogP contribution is 2.33. The summed E-state index contributed by atoms with van der Waals surface area (Å²) in [6.07, 6.45) is -0.382. The van der Waals surface area contributed by atoms with Crippen LogP contribution >= 0.6 is 11.8 Å². The summed E-state index contributed by atoms with van der Waals surface area (Å²) in [4.78, 5) is 10.2. The second-order valence-electron chi connectivity index (χ2n) is 9.72. The predicted molar refractivity (Wildman–Crippen MR) is 134 cm³/mol. The van der Waals surface area contributed by atoms with Gasteiger partial charge in [0.15, 0.2) is 0 Å². The first-order chi connectivity index (χ1) is 16.6. The standard InChI is InChI=1S/C24H35F3N2O5S2/c1-23(2,10-4-6-20-7-5-11-35-20)28-15-19(30)16-29(3)36(33,34)21-13-17(8-9-22(31)32)12-18(14-21)24(25,26)27/h5,11-14,19-20,28,30H,4,6-10,15-16H2,1-3H3,(H,31,32)/t19-,20?/m1/s1. The van der Waals surface area contributed by atoms with Crippen LogP contribution in [0.4, 0.5) is 13.2 Å². The zero-order chi connectivity index (χ0) is 27.1. The molecule has 36 heavy (non-hydrogen) atoms. The van der Waals surface area contributed by atoms with Crippen LogP contribution in [0.3, 0.4) is 0 Å². The molecule has 2 rings (SSSR count). The third-order valence-electron chi connectivity index (χ3n) is 6.01. The number of hydrogen-bond acceptors (Lipinski definition) is 6. The van der Waals surface area contributed by atoms with Gasteiger partial charge in [0.05, 0.1) is 16.6 Å². The Labute approximate surface area is 215 Å². The number of aryl methyl sites for hydroxylation is 1. The Morgan fingerprint density at radius 1 is 1.28 bits per heavy atom. The molecule has 12 heteroatoms. The monoisotopic (exact) mass is 552 g/mol. The molecular weight excluding hydrogens is 517 g/mol. The molecule has 0 spiro atoms. The van der Waals surface area contributed by atoms with E-state index in [1.807, 2.05) is 25.6 Å². The molecule has 1 unspecified atom stereocenters. The fourth-order valence-electron chi connectivity index (χ4n) is 3.88. The van der Waals surface area contributed by atoms with Crippen molar-refractivity contribution in [3.63, 3.8) is 0 Å². The molecule has 0 saturated carbocycles. The molecular formula is C24H35F3N2O5S2. The summed E-state index contributed by atoms with van der Waals surface area (Å²) >= 11 is 1.83. The normalized spacial score (nSPS) is 17.6. The van der Waals surface area contributed by atoms with Gasteiger partial charge in [-0.1, -0.05) is 12.5 Å². The van der Waals surface area contributed by atoms with Crippen molar-refractivity contribution in [1.29, 1.82) is 0 Å². The number of allylic oxidation sites excluding steroid dienone is 1. The lowest BCUT2D eigenvalue weighted by Crippen LogP contribution is -2.46. The molecule has 1 aromatic rings. The molecule has 0 fully saturated rings. The van der Waals surface area contributed by atoms with E-state index in [9.17, 15) is 31.5 Å². The molecule has 0 radical (unpaired) electrons. The lowest BCUT2D eigenvalue weighted by Gasteiger charge is -2.29. The van der Waals surface area contributed by atoms with Gasteiger partial charge >= 0.3 is 12.1 Å². The highest BCUT2D eigenvalue weighted by Gasteiger charge is 2.34. The van der Waals surface area contributed by atoms with E-state index in [0.717, 1.165) is 42.1 Å². The van der Waals surface area contributed by atoms with Crippen molar-refractivity contribution in [3.8, 4) is 0 Å². The van der Waals surface area contributed by atoms with Crippen LogP contribution in [0.1, 0.15) is 57.1 Å². The maximum Gasteiger partial charge on any atom is 0.416 e. The Morgan fingerprint density at radius 3 is 2.56 bits per heavy atom. The highest BCUT2D eigenvalue weighted by atomic mass is 32.2. The molecule has 0 saturated heterocycles. The lowest BCUT2D eigenvalue weighted by molar-refractivity contribution is -0.138. The molecule has 3 N–H and O–H groups in total. The van der Waals surface area contributed by atoms with Gasteiger partial charge in [0.2, 0.25) is 10.0 Å². The summed E-state index contributed by atoms with van der Waals surface area (Å²) in [5.41, 5.74) is -1.50. The second-order valence-corrected chi connectivity index (χ2v) is 13.0. The first kappa shape index (κ1) is 30.6. The maximum atomic E-state index is 13.4. The molecule has 2 atom stereocenters. The Hall–Kier alpha value is -1.60. The molecule has 0 amide bonds. The number of carboxylic acid groups (broad SMARTS) is 1. The first-order valence-corrected chi connectivity index (χ1v) is 14.1. The van der Waals surface area contributed by atoms with Gasteiger partial charge in [0, 0.05) is 37.3 Å². The molecule has 0 aromatic heterocycles. The number of hydrogen-bond donors (Lipinski definition) is 3. The maximum absolute atomic E-state index is 13.4. The zero-order valence-electron chi connectivity index (χ0n) is 20.7. The Bertz CT molecular complexity index is 1020. The van der Waals surface area contributed by atoms with E-state index >= 15 is 0 Å². The summed E-state index contributed by atoms with van der Waals surface area (Å²) in [5, 5.41) is 25.3. The molecule has 1 aromatic carbocycles. The topological polar surface area (TPSA) is 107 Å². The second kappa shape index (κ2) is 12.8. The molecule has 0 bridgehead atoms. The minimum atomic E-state index is -4.80. The van der Waals surface area contributed by atoms with Crippen LogP contribution in [-0.4, -0.2) is 65.9 Å².